The summed E-state index contributed by atoms with van der Waals surface area (Å²) in [5.41, 5.74) is 6.47. The minimum atomic E-state index is -0.251. The van der Waals surface area contributed by atoms with Crippen molar-refractivity contribution in [1.82, 2.24) is 5.32 Å². The van der Waals surface area contributed by atoms with E-state index in [2.05, 4.69) is 10.2 Å². The summed E-state index contributed by atoms with van der Waals surface area (Å²) in [4.78, 5) is 13.8. The number of carbonyl (C=O) groups excluding carboxylic acids is 1. The first-order valence-electron chi connectivity index (χ1n) is 7.19. The fourth-order valence-electron chi connectivity index (χ4n) is 2.07. The predicted molar refractivity (Wildman–Crippen MR) is 78.1 cm³/mol. The van der Waals surface area contributed by atoms with Crippen molar-refractivity contribution in [2.75, 3.05) is 24.5 Å². The molecular formula is C15H22FN3O. The molecule has 0 radical (unpaired) electrons. The average molecular weight is 279 g/mol. The van der Waals surface area contributed by atoms with Crippen molar-refractivity contribution in [2.45, 2.75) is 31.7 Å². The number of halogens is 1. The van der Waals surface area contributed by atoms with Crippen LogP contribution in [0.25, 0.3) is 0 Å². The van der Waals surface area contributed by atoms with Gasteiger partial charge in [-0.2, -0.15) is 0 Å². The first-order chi connectivity index (χ1) is 9.69. The van der Waals surface area contributed by atoms with E-state index in [1.165, 1.54) is 12.1 Å². The van der Waals surface area contributed by atoms with Crippen LogP contribution in [-0.4, -0.2) is 31.6 Å². The Kier molecular flexibility index (Phi) is 5.35. The van der Waals surface area contributed by atoms with Crippen molar-refractivity contribution >= 4 is 11.6 Å². The van der Waals surface area contributed by atoms with Crippen molar-refractivity contribution < 1.29 is 9.18 Å². The van der Waals surface area contributed by atoms with Crippen LogP contribution in [0, 0.1) is 5.82 Å². The molecule has 1 aromatic rings. The first kappa shape index (κ1) is 14.8. The highest BCUT2D eigenvalue weighted by atomic mass is 19.1. The lowest BCUT2D eigenvalue weighted by Gasteiger charge is -2.24. The van der Waals surface area contributed by atoms with E-state index in [-0.39, 0.29) is 11.7 Å². The minimum absolute atomic E-state index is 0.0901. The molecule has 1 aliphatic carbocycles. The van der Waals surface area contributed by atoms with E-state index in [9.17, 15) is 9.18 Å². The Labute approximate surface area is 119 Å². The number of amides is 1. The molecule has 0 aromatic heterocycles. The second-order valence-electron chi connectivity index (χ2n) is 5.20. The maximum absolute atomic E-state index is 13.0. The molecule has 1 aliphatic rings. The largest absolute Gasteiger partial charge is 0.371 e. The van der Waals surface area contributed by atoms with Crippen LogP contribution in [0.1, 0.15) is 25.7 Å². The number of nitrogens with two attached hydrogens (primary N) is 1. The Morgan fingerprint density at radius 3 is 2.60 bits per heavy atom. The molecule has 0 aliphatic heterocycles. The Hall–Kier alpha value is -1.62. The molecule has 0 atom stereocenters. The molecule has 1 saturated carbocycles. The molecule has 110 valence electrons. The van der Waals surface area contributed by atoms with Gasteiger partial charge >= 0.3 is 0 Å². The zero-order valence-corrected chi connectivity index (χ0v) is 11.6. The zero-order valence-electron chi connectivity index (χ0n) is 11.6. The summed E-state index contributed by atoms with van der Waals surface area (Å²) in [5.74, 6) is -0.161. The third kappa shape index (κ3) is 4.81. The lowest BCUT2D eigenvalue weighted by Crippen LogP contribution is -2.33. The summed E-state index contributed by atoms with van der Waals surface area (Å²) >= 11 is 0. The number of hydrogen-bond donors (Lipinski definition) is 2. The van der Waals surface area contributed by atoms with Crippen LogP contribution in [0.3, 0.4) is 0 Å². The third-order valence-electron chi connectivity index (χ3n) is 3.38. The van der Waals surface area contributed by atoms with Crippen LogP contribution in [0.5, 0.6) is 0 Å². The smallest absolute Gasteiger partial charge is 0.221 e. The quantitative estimate of drug-likeness (QED) is 0.760. The second-order valence-corrected chi connectivity index (χ2v) is 5.20. The molecule has 2 rings (SSSR count). The lowest BCUT2D eigenvalue weighted by atomic mass is 10.2. The maximum atomic E-state index is 13.0. The standard InChI is InChI=1S/C15H22FN3O/c16-12-2-6-14(7-3-12)19(10-1-9-17)11-8-15(20)18-13-4-5-13/h2-3,6-7,13H,1,4-5,8-11,17H2,(H,18,20). The Balaban J connectivity index is 1.88. The summed E-state index contributed by atoms with van der Waals surface area (Å²) in [6, 6.07) is 6.75. The summed E-state index contributed by atoms with van der Waals surface area (Å²) in [6.45, 7) is 2.01. The maximum Gasteiger partial charge on any atom is 0.221 e. The number of carbonyl (C=O) groups is 1. The van der Waals surface area contributed by atoms with Gasteiger partial charge in [0.2, 0.25) is 5.91 Å². The van der Waals surface area contributed by atoms with E-state index in [0.29, 0.717) is 25.6 Å². The molecule has 1 amide bonds. The van der Waals surface area contributed by atoms with E-state index < -0.39 is 0 Å². The Morgan fingerprint density at radius 2 is 2.00 bits per heavy atom. The van der Waals surface area contributed by atoms with Gasteiger partial charge in [0.15, 0.2) is 0 Å². The number of anilines is 1. The molecule has 0 unspecified atom stereocenters. The fraction of sp³-hybridized carbons (Fsp3) is 0.533. The number of benzene rings is 1. The van der Waals surface area contributed by atoms with Crippen LogP contribution in [-0.2, 0) is 4.79 Å². The monoisotopic (exact) mass is 279 g/mol. The molecule has 1 aromatic carbocycles. The average Bonchev–Trinajstić information content (AvgIpc) is 3.24. The topological polar surface area (TPSA) is 58.4 Å². The SMILES string of the molecule is NCCCN(CCC(=O)NC1CC1)c1ccc(F)cc1. The Bertz CT molecular complexity index is 431. The van der Waals surface area contributed by atoms with E-state index in [4.69, 9.17) is 5.73 Å². The number of nitrogens with zero attached hydrogens (tertiary/aromatic N) is 1. The van der Waals surface area contributed by atoms with Crippen LogP contribution < -0.4 is 16.0 Å². The molecule has 0 bridgehead atoms. The second kappa shape index (κ2) is 7.24. The molecule has 1 fully saturated rings. The van der Waals surface area contributed by atoms with Gasteiger partial charge in [-0.3, -0.25) is 4.79 Å². The van der Waals surface area contributed by atoms with Crippen LogP contribution >= 0.6 is 0 Å². The molecular weight excluding hydrogens is 257 g/mol. The summed E-state index contributed by atoms with van der Waals surface area (Å²) in [7, 11) is 0. The van der Waals surface area contributed by atoms with E-state index >= 15 is 0 Å². The van der Waals surface area contributed by atoms with Crippen molar-refractivity contribution in [3.63, 3.8) is 0 Å². The minimum Gasteiger partial charge on any atom is -0.371 e. The highest BCUT2D eigenvalue weighted by molar-refractivity contribution is 5.77. The number of rotatable bonds is 8. The molecule has 4 nitrogen and oxygen atoms in total. The highest BCUT2D eigenvalue weighted by Gasteiger charge is 2.23. The fourth-order valence-corrected chi connectivity index (χ4v) is 2.07. The normalized spacial score (nSPS) is 14.1. The molecule has 20 heavy (non-hydrogen) atoms. The van der Waals surface area contributed by atoms with Gasteiger partial charge in [-0.25, -0.2) is 4.39 Å². The molecule has 0 heterocycles. The van der Waals surface area contributed by atoms with Gasteiger partial charge in [0, 0.05) is 31.2 Å². The van der Waals surface area contributed by atoms with E-state index in [1.807, 2.05) is 0 Å². The van der Waals surface area contributed by atoms with Crippen LogP contribution in [0.4, 0.5) is 10.1 Å². The van der Waals surface area contributed by atoms with E-state index in [1.54, 1.807) is 12.1 Å². The van der Waals surface area contributed by atoms with Crippen molar-refractivity contribution in [1.29, 1.82) is 0 Å². The lowest BCUT2D eigenvalue weighted by molar-refractivity contribution is -0.121. The molecule has 5 heteroatoms. The van der Waals surface area contributed by atoms with Crippen molar-refractivity contribution in [2.24, 2.45) is 5.73 Å². The Morgan fingerprint density at radius 1 is 1.30 bits per heavy atom. The number of hydrogen-bond acceptors (Lipinski definition) is 3. The van der Waals surface area contributed by atoms with Crippen molar-refractivity contribution in [3.8, 4) is 0 Å². The van der Waals surface area contributed by atoms with Gasteiger partial charge in [0.1, 0.15) is 5.82 Å². The summed E-state index contributed by atoms with van der Waals surface area (Å²) < 4.78 is 13.0. The van der Waals surface area contributed by atoms with Gasteiger partial charge in [0.25, 0.3) is 0 Å². The third-order valence-corrected chi connectivity index (χ3v) is 3.38. The molecule has 0 saturated heterocycles. The van der Waals surface area contributed by atoms with Crippen LogP contribution in [0.2, 0.25) is 0 Å². The van der Waals surface area contributed by atoms with E-state index in [0.717, 1.165) is 31.5 Å². The van der Waals surface area contributed by atoms with Gasteiger partial charge in [0.05, 0.1) is 0 Å². The molecule has 3 N–H and O–H groups in total. The highest BCUT2D eigenvalue weighted by Crippen LogP contribution is 2.19. The van der Waals surface area contributed by atoms with Gasteiger partial charge in [-0.05, 0) is 50.1 Å². The van der Waals surface area contributed by atoms with Gasteiger partial charge in [-0.1, -0.05) is 0 Å². The zero-order chi connectivity index (χ0) is 14.4. The van der Waals surface area contributed by atoms with Crippen molar-refractivity contribution in [3.05, 3.63) is 30.1 Å². The summed E-state index contributed by atoms with van der Waals surface area (Å²) in [6.07, 6.45) is 3.50. The first-order valence-corrected chi connectivity index (χ1v) is 7.19. The summed E-state index contributed by atoms with van der Waals surface area (Å²) in [5, 5.41) is 2.98. The predicted octanol–water partition coefficient (Wildman–Crippen LogP) is 1.65. The number of nitrogens with one attached hydrogen (secondary N) is 1. The molecule has 0 spiro atoms. The van der Waals surface area contributed by atoms with Gasteiger partial charge in [-0.15, -0.1) is 0 Å². The van der Waals surface area contributed by atoms with Crippen LogP contribution in [0.15, 0.2) is 24.3 Å². The van der Waals surface area contributed by atoms with Gasteiger partial charge < -0.3 is 16.0 Å².